The maximum atomic E-state index is 13.2. The number of amides is 2. The Morgan fingerprint density at radius 3 is 2.47 bits per heavy atom. The molecule has 2 heterocycles. The van der Waals surface area contributed by atoms with Gasteiger partial charge in [0.15, 0.2) is 6.10 Å². The van der Waals surface area contributed by atoms with Crippen LogP contribution in [0.15, 0.2) is 4.42 Å². The minimum Gasteiger partial charge on any atom is -0.436 e. The molecule has 1 aromatic rings. The molecule has 0 bridgehead atoms. The highest BCUT2D eigenvalue weighted by Crippen LogP contribution is 2.28. The van der Waals surface area contributed by atoms with E-state index in [0.29, 0.717) is 57.4 Å². The smallest absolute Gasteiger partial charge is 0.410 e. The molecule has 0 unspecified atom stereocenters. The van der Waals surface area contributed by atoms with Gasteiger partial charge < -0.3 is 24.1 Å². The van der Waals surface area contributed by atoms with E-state index in [-0.39, 0.29) is 5.89 Å². The van der Waals surface area contributed by atoms with E-state index in [9.17, 15) is 14.4 Å². The summed E-state index contributed by atoms with van der Waals surface area (Å²) < 4.78 is 16.3. The summed E-state index contributed by atoms with van der Waals surface area (Å²) in [5.74, 6) is -0.348. The van der Waals surface area contributed by atoms with Crippen molar-refractivity contribution in [3.05, 3.63) is 11.8 Å². The van der Waals surface area contributed by atoms with E-state index in [1.165, 1.54) is 6.42 Å². The highest BCUT2D eigenvalue weighted by atomic mass is 16.6. The maximum absolute atomic E-state index is 13.2. The van der Waals surface area contributed by atoms with Gasteiger partial charge in [-0.05, 0) is 18.8 Å². The molecule has 2 fully saturated rings. The lowest BCUT2D eigenvalue weighted by Crippen LogP contribution is -2.49. The molecule has 1 N–H and O–H groups in total. The second kappa shape index (κ2) is 11.9. The molecule has 1 aliphatic heterocycles. The van der Waals surface area contributed by atoms with Crippen LogP contribution in [-0.2, 0) is 20.7 Å². The molecule has 32 heavy (non-hydrogen) atoms. The number of nitrogens with zero attached hydrogens (tertiary/aromatic N) is 3. The number of hydrogen-bond acceptors (Lipinski definition) is 8. The number of aryl methyl sites for hydroxylation is 1. The number of rotatable bonds is 9. The standard InChI is InChI=1S/C22H34N4O6/c1-3-16(19(27)21-25-24-18(4-2)32-21)23-20(28)17(14-15-8-6-5-7-9-15)31-22(29)26-10-12-30-13-11-26/h15-17H,3-14H2,1-2H3,(H,23,28)/t16-,17-/m0/s1. The van der Waals surface area contributed by atoms with Crippen LogP contribution in [0, 0.1) is 5.92 Å². The van der Waals surface area contributed by atoms with Crippen LogP contribution in [0.4, 0.5) is 4.79 Å². The fourth-order valence-corrected chi connectivity index (χ4v) is 4.14. The molecule has 178 valence electrons. The van der Waals surface area contributed by atoms with Crippen LogP contribution in [0.2, 0.25) is 0 Å². The molecule has 1 saturated heterocycles. The molecule has 1 saturated carbocycles. The molecule has 2 atom stereocenters. The van der Waals surface area contributed by atoms with Gasteiger partial charge in [0.2, 0.25) is 11.7 Å². The Morgan fingerprint density at radius 1 is 1.12 bits per heavy atom. The van der Waals surface area contributed by atoms with Crippen molar-refractivity contribution in [1.29, 1.82) is 0 Å². The number of carbonyl (C=O) groups excluding carboxylic acids is 3. The van der Waals surface area contributed by atoms with E-state index in [1.807, 2.05) is 6.92 Å². The molecule has 1 aromatic heterocycles. The average molecular weight is 451 g/mol. The number of Topliss-reactive ketones (excluding diaryl/α,β-unsaturated/α-hetero) is 1. The Hall–Kier alpha value is -2.49. The molecule has 0 aromatic carbocycles. The van der Waals surface area contributed by atoms with Crippen molar-refractivity contribution in [3.8, 4) is 0 Å². The number of ketones is 1. The van der Waals surface area contributed by atoms with Crippen LogP contribution in [0.5, 0.6) is 0 Å². The first-order valence-corrected chi connectivity index (χ1v) is 11.7. The molecular weight excluding hydrogens is 416 g/mol. The number of aromatic nitrogens is 2. The van der Waals surface area contributed by atoms with Gasteiger partial charge in [-0.25, -0.2) is 4.79 Å². The highest BCUT2D eigenvalue weighted by Gasteiger charge is 2.33. The van der Waals surface area contributed by atoms with Crippen molar-refractivity contribution in [2.45, 2.75) is 77.4 Å². The van der Waals surface area contributed by atoms with Gasteiger partial charge in [0.25, 0.3) is 11.8 Å². The first-order chi connectivity index (χ1) is 15.5. The second-order valence-electron chi connectivity index (χ2n) is 8.40. The molecular formula is C22H34N4O6. The second-order valence-corrected chi connectivity index (χ2v) is 8.40. The van der Waals surface area contributed by atoms with Crippen LogP contribution >= 0.6 is 0 Å². The van der Waals surface area contributed by atoms with E-state index in [2.05, 4.69) is 15.5 Å². The number of morpholine rings is 1. The van der Waals surface area contributed by atoms with Gasteiger partial charge in [-0.1, -0.05) is 46.0 Å². The molecule has 0 radical (unpaired) electrons. The predicted molar refractivity (Wildman–Crippen MR) is 114 cm³/mol. The van der Waals surface area contributed by atoms with Crippen LogP contribution < -0.4 is 5.32 Å². The SMILES string of the molecule is CCc1nnc(C(=O)[C@H](CC)NC(=O)[C@H](CC2CCCCC2)OC(=O)N2CCOCC2)o1. The van der Waals surface area contributed by atoms with Crippen LogP contribution in [-0.4, -0.2) is 71.3 Å². The fourth-order valence-electron chi connectivity index (χ4n) is 4.14. The summed E-state index contributed by atoms with van der Waals surface area (Å²) in [6.45, 7) is 5.40. The first-order valence-electron chi connectivity index (χ1n) is 11.7. The Morgan fingerprint density at radius 2 is 1.84 bits per heavy atom. The van der Waals surface area contributed by atoms with Crippen LogP contribution in [0.25, 0.3) is 0 Å². The average Bonchev–Trinajstić information content (AvgIpc) is 3.32. The highest BCUT2D eigenvalue weighted by molar-refractivity contribution is 5.99. The van der Waals surface area contributed by atoms with Gasteiger partial charge >= 0.3 is 6.09 Å². The normalized spacial score (nSPS) is 19.2. The zero-order valence-electron chi connectivity index (χ0n) is 19.0. The Bertz CT molecular complexity index is 770. The van der Waals surface area contributed by atoms with Crippen LogP contribution in [0.1, 0.15) is 75.4 Å². The zero-order chi connectivity index (χ0) is 22.9. The van der Waals surface area contributed by atoms with E-state index in [0.717, 1.165) is 25.7 Å². The fraction of sp³-hybridized carbons (Fsp3) is 0.773. The lowest BCUT2D eigenvalue weighted by atomic mass is 9.85. The molecule has 2 aliphatic rings. The van der Waals surface area contributed by atoms with Crippen LogP contribution in [0.3, 0.4) is 0 Å². The van der Waals surface area contributed by atoms with Crippen molar-refractivity contribution in [2.75, 3.05) is 26.3 Å². The molecule has 2 amide bonds. The topological polar surface area (TPSA) is 124 Å². The van der Waals surface area contributed by atoms with E-state index >= 15 is 0 Å². The molecule has 10 heteroatoms. The Kier molecular flexibility index (Phi) is 9.01. The lowest BCUT2D eigenvalue weighted by Gasteiger charge is -2.30. The Labute approximate surface area is 188 Å². The van der Waals surface area contributed by atoms with Crippen molar-refractivity contribution < 1.29 is 28.3 Å². The van der Waals surface area contributed by atoms with Gasteiger partial charge in [0.05, 0.1) is 19.3 Å². The van der Waals surface area contributed by atoms with Crippen molar-refractivity contribution in [1.82, 2.24) is 20.4 Å². The number of nitrogens with one attached hydrogen (secondary N) is 1. The summed E-state index contributed by atoms with van der Waals surface area (Å²) in [5.41, 5.74) is 0. The summed E-state index contributed by atoms with van der Waals surface area (Å²) in [6.07, 6.45) is 5.29. The minimum absolute atomic E-state index is 0.122. The largest absolute Gasteiger partial charge is 0.436 e. The summed E-state index contributed by atoms with van der Waals surface area (Å²) in [4.78, 5) is 40.2. The van der Waals surface area contributed by atoms with Crippen molar-refractivity contribution in [2.24, 2.45) is 5.92 Å². The summed E-state index contributed by atoms with van der Waals surface area (Å²) in [7, 11) is 0. The number of ether oxygens (including phenoxy) is 2. The third kappa shape index (κ3) is 6.51. The summed E-state index contributed by atoms with van der Waals surface area (Å²) >= 11 is 0. The molecule has 10 nitrogen and oxygen atoms in total. The number of carbonyl (C=O) groups is 3. The van der Waals surface area contributed by atoms with Gasteiger partial charge in [0, 0.05) is 19.5 Å². The minimum atomic E-state index is -0.954. The van der Waals surface area contributed by atoms with Crippen molar-refractivity contribution in [3.63, 3.8) is 0 Å². The van der Waals surface area contributed by atoms with Gasteiger partial charge in [-0.2, -0.15) is 0 Å². The monoisotopic (exact) mass is 450 g/mol. The molecule has 1 aliphatic carbocycles. The van der Waals surface area contributed by atoms with E-state index in [1.54, 1.807) is 11.8 Å². The van der Waals surface area contributed by atoms with E-state index in [4.69, 9.17) is 13.9 Å². The van der Waals surface area contributed by atoms with E-state index < -0.39 is 29.9 Å². The van der Waals surface area contributed by atoms with Gasteiger partial charge in [-0.15, -0.1) is 10.2 Å². The van der Waals surface area contributed by atoms with Gasteiger partial charge in [0.1, 0.15) is 0 Å². The quantitative estimate of drug-likeness (QED) is 0.569. The molecule has 3 rings (SSSR count). The molecule has 0 spiro atoms. The third-order valence-electron chi connectivity index (χ3n) is 6.10. The summed E-state index contributed by atoms with van der Waals surface area (Å²) in [5, 5.41) is 10.4. The van der Waals surface area contributed by atoms with Gasteiger partial charge in [-0.3, -0.25) is 9.59 Å². The summed E-state index contributed by atoms with van der Waals surface area (Å²) in [6, 6.07) is -0.830. The number of hydrogen-bond donors (Lipinski definition) is 1. The maximum Gasteiger partial charge on any atom is 0.410 e. The third-order valence-corrected chi connectivity index (χ3v) is 6.10. The lowest BCUT2D eigenvalue weighted by molar-refractivity contribution is -0.132. The van der Waals surface area contributed by atoms with Crippen molar-refractivity contribution >= 4 is 17.8 Å². The Balaban J connectivity index is 1.67. The first kappa shape index (κ1) is 24.2. The zero-order valence-corrected chi connectivity index (χ0v) is 19.0. The predicted octanol–water partition coefficient (Wildman–Crippen LogP) is 2.52.